The molecule has 2 nitrogen and oxygen atoms in total. The molecule has 0 atom stereocenters. The standard InChI is InChI=1S/C13H20FNO/c1-13(2,16-15(3)4)10-9-11-5-7-12(14)8-6-11/h5-8H,9-10H2,1-4H3. The second kappa shape index (κ2) is 5.41. The van der Waals surface area contributed by atoms with Crippen molar-refractivity contribution in [3.8, 4) is 0 Å². The van der Waals surface area contributed by atoms with Crippen LogP contribution in [0.15, 0.2) is 24.3 Å². The molecule has 0 bridgehead atoms. The minimum Gasteiger partial charge on any atom is -0.294 e. The first-order chi connectivity index (χ1) is 7.39. The van der Waals surface area contributed by atoms with Crippen LogP contribution >= 0.6 is 0 Å². The molecular weight excluding hydrogens is 205 g/mol. The molecule has 0 amide bonds. The van der Waals surface area contributed by atoms with Gasteiger partial charge in [0.2, 0.25) is 0 Å². The van der Waals surface area contributed by atoms with Crippen LogP contribution in [0.5, 0.6) is 0 Å². The average Bonchev–Trinajstić information content (AvgIpc) is 2.15. The van der Waals surface area contributed by atoms with E-state index in [0.717, 1.165) is 18.4 Å². The molecule has 16 heavy (non-hydrogen) atoms. The summed E-state index contributed by atoms with van der Waals surface area (Å²) in [5.74, 6) is -0.187. The molecule has 0 saturated heterocycles. The topological polar surface area (TPSA) is 12.5 Å². The number of nitrogens with zero attached hydrogens (tertiary/aromatic N) is 1. The molecule has 0 saturated carbocycles. The fourth-order valence-electron chi connectivity index (χ4n) is 1.64. The van der Waals surface area contributed by atoms with Gasteiger partial charge in [-0.05, 0) is 44.4 Å². The van der Waals surface area contributed by atoms with E-state index in [1.165, 1.54) is 12.1 Å². The Labute approximate surface area is 97.0 Å². The van der Waals surface area contributed by atoms with Crippen molar-refractivity contribution in [1.29, 1.82) is 0 Å². The first kappa shape index (κ1) is 13.1. The second-order valence-electron chi connectivity index (χ2n) is 4.79. The van der Waals surface area contributed by atoms with E-state index in [1.807, 2.05) is 26.2 Å². The van der Waals surface area contributed by atoms with Crippen molar-refractivity contribution in [2.45, 2.75) is 32.3 Å². The molecular formula is C13H20FNO. The first-order valence-corrected chi connectivity index (χ1v) is 5.50. The highest BCUT2D eigenvalue weighted by Gasteiger charge is 2.19. The third-order valence-electron chi connectivity index (χ3n) is 2.36. The molecule has 0 aromatic heterocycles. The summed E-state index contributed by atoms with van der Waals surface area (Å²) < 4.78 is 12.7. The lowest BCUT2D eigenvalue weighted by atomic mass is 9.99. The quantitative estimate of drug-likeness (QED) is 0.714. The summed E-state index contributed by atoms with van der Waals surface area (Å²) in [6.45, 7) is 4.10. The Kier molecular flexibility index (Phi) is 4.44. The van der Waals surface area contributed by atoms with Crippen LogP contribution in [0.4, 0.5) is 4.39 Å². The van der Waals surface area contributed by atoms with Crippen LogP contribution in [0.3, 0.4) is 0 Å². The zero-order valence-electron chi connectivity index (χ0n) is 10.5. The summed E-state index contributed by atoms with van der Waals surface area (Å²) in [6, 6.07) is 6.63. The second-order valence-corrected chi connectivity index (χ2v) is 4.79. The Hall–Kier alpha value is -0.930. The van der Waals surface area contributed by atoms with Gasteiger partial charge in [-0.2, -0.15) is 5.06 Å². The Balaban J connectivity index is 2.47. The number of hydrogen-bond acceptors (Lipinski definition) is 2. The van der Waals surface area contributed by atoms with E-state index < -0.39 is 0 Å². The lowest BCUT2D eigenvalue weighted by molar-refractivity contribution is -0.208. The normalized spacial score (nSPS) is 12.1. The average molecular weight is 225 g/mol. The zero-order chi connectivity index (χ0) is 12.2. The van der Waals surface area contributed by atoms with E-state index in [9.17, 15) is 4.39 Å². The van der Waals surface area contributed by atoms with E-state index in [0.29, 0.717) is 0 Å². The van der Waals surface area contributed by atoms with Crippen molar-refractivity contribution in [1.82, 2.24) is 5.06 Å². The van der Waals surface area contributed by atoms with Crippen molar-refractivity contribution in [3.05, 3.63) is 35.6 Å². The van der Waals surface area contributed by atoms with Gasteiger partial charge in [0.15, 0.2) is 0 Å². The van der Waals surface area contributed by atoms with Gasteiger partial charge in [0.25, 0.3) is 0 Å². The van der Waals surface area contributed by atoms with Gasteiger partial charge in [-0.1, -0.05) is 12.1 Å². The highest BCUT2D eigenvalue weighted by atomic mass is 19.1. The Morgan fingerprint density at radius 3 is 2.25 bits per heavy atom. The lowest BCUT2D eigenvalue weighted by Gasteiger charge is -2.28. The summed E-state index contributed by atoms with van der Waals surface area (Å²) in [7, 11) is 3.75. The minimum absolute atomic E-state index is 0.187. The van der Waals surface area contributed by atoms with Gasteiger partial charge in [0, 0.05) is 14.1 Å². The van der Waals surface area contributed by atoms with Crippen LogP contribution in [-0.4, -0.2) is 24.8 Å². The van der Waals surface area contributed by atoms with Crippen molar-refractivity contribution in [2.75, 3.05) is 14.1 Å². The van der Waals surface area contributed by atoms with E-state index in [-0.39, 0.29) is 11.4 Å². The summed E-state index contributed by atoms with van der Waals surface area (Å²) in [5.41, 5.74) is 0.939. The van der Waals surface area contributed by atoms with Gasteiger partial charge in [0.05, 0.1) is 5.60 Å². The minimum atomic E-state index is -0.197. The monoisotopic (exact) mass is 225 g/mol. The first-order valence-electron chi connectivity index (χ1n) is 5.50. The number of halogens is 1. The molecule has 0 aliphatic carbocycles. The lowest BCUT2D eigenvalue weighted by Crippen LogP contribution is -2.32. The van der Waals surface area contributed by atoms with Crippen molar-refractivity contribution >= 4 is 0 Å². The Morgan fingerprint density at radius 1 is 1.19 bits per heavy atom. The molecule has 0 aliphatic rings. The number of hydroxylamine groups is 2. The van der Waals surface area contributed by atoms with Crippen LogP contribution in [0.2, 0.25) is 0 Å². The van der Waals surface area contributed by atoms with Gasteiger partial charge >= 0.3 is 0 Å². The van der Waals surface area contributed by atoms with Crippen LogP contribution < -0.4 is 0 Å². The summed E-state index contributed by atoms with van der Waals surface area (Å²) in [5, 5.41) is 1.71. The molecule has 0 unspecified atom stereocenters. The molecule has 0 fully saturated rings. The van der Waals surface area contributed by atoms with E-state index in [2.05, 4.69) is 13.8 Å². The molecule has 0 aliphatic heterocycles. The Morgan fingerprint density at radius 2 is 1.75 bits per heavy atom. The molecule has 3 heteroatoms. The number of hydrogen-bond donors (Lipinski definition) is 0. The molecule has 0 radical (unpaired) electrons. The maximum Gasteiger partial charge on any atom is 0.123 e. The van der Waals surface area contributed by atoms with Gasteiger partial charge in [-0.15, -0.1) is 0 Å². The van der Waals surface area contributed by atoms with Gasteiger partial charge in [0.1, 0.15) is 5.82 Å². The van der Waals surface area contributed by atoms with Gasteiger partial charge in [-0.3, -0.25) is 4.84 Å². The predicted octanol–water partition coefficient (Wildman–Crippen LogP) is 3.03. The summed E-state index contributed by atoms with van der Waals surface area (Å²) in [6.07, 6.45) is 1.79. The van der Waals surface area contributed by atoms with Crippen LogP contribution in [0.25, 0.3) is 0 Å². The smallest absolute Gasteiger partial charge is 0.123 e. The molecule has 0 heterocycles. The number of rotatable bonds is 5. The third kappa shape index (κ3) is 4.73. The van der Waals surface area contributed by atoms with E-state index >= 15 is 0 Å². The highest BCUT2D eigenvalue weighted by Crippen LogP contribution is 2.18. The van der Waals surface area contributed by atoms with Gasteiger partial charge in [-0.25, -0.2) is 4.39 Å². The molecule has 90 valence electrons. The molecule has 1 aromatic carbocycles. The molecule has 0 N–H and O–H groups in total. The third-order valence-corrected chi connectivity index (χ3v) is 2.36. The maximum atomic E-state index is 12.7. The van der Waals surface area contributed by atoms with Crippen molar-refractivity contribution in [2.24, 2.45) is 0 Å². The van der Waals surface area contributed by atoms with Crippen LogP contribution in [0, 0.1) is 5.82 Å². The van der Waals surface area contributed by atoms with Crippen LogP contribution in [-0.2, 0) is 11.3 Å². The molecule has 1 aromatic rings. The highest BCUT2D eigenvalue weighted by molar-refractivity contribution is 5.16. The summed E-state index contributed by atoms with van der Waals surface area (Å²) >= 11 is 0. The Bertz CT molecular complexity index is 319. The predicted molar refractivity (Wildman–Crippen MR) is 63.6 cm³/mol. The maximum absolute atomic E-state index is 12.7. The van der Waals surface area contributed by atoms with E-state index in [4.69, 9.17) is 4.84 Å². The fourth-order valence-corrected chi connectivity index (χ4v) is 1.64. The summed E-state index contributed by atoms with van der Waals surface area (Å²) in [4.78, 5) is 5.64. The largest absolute Gasteiger partial charge is 0.294 e. The SMILES string of the molecule is CN(C)OC(C)(C)CCc1ccc(F)cc1. The molecule has 1 rings (SSSR count). The van der Waals surface area contributed by atoms with E-state index in [1.54, 1.807) is 5.06 Å². The number of benzene rings is 1. The zero-order valence-corrected chi connectivity index (χ0v) is 10.5. The fraction of sp³-hybridized carbons (Fsp3) is 0.538. The molecule has 0 spiro atoms. The number of aryl methyl sites for hydroxylation is 1. The van der Waals surface area contributed by atoms with Crippen LogP contribution in [0.1, 0.15) is 25.8 Å². The van der Waals surface area contributed by atoms with Crippen molar-refractivity contribution in [3.63, 3.8) is 0 Å². The van der Waals surface area contributed by atoms with Gasteiger partial charge < -0.3 is 0 Å². The van der Waals surface area contributed by atoms with Crippen molar-refractivity contribution < 1.29 is 9.23 Å².